The molecule has 0 unspecified atom stereocenters. The van der Waals surface area contributed by atoms with Crippen molar-refractivity contribution >= 4 is 46.4 Å². The van der Waals surface area contributed by atoms with Crippen LogP contribution < -0.4 is 16.4 Å². The van der Waals surface area contributed by atoms with E-state index >= 15 is 0 Å². The Kier molecular flexibility index (Phi) is 6.01. The van der Waals surface area contributed by atoms with E-state index in [4.69, 9.17) is 34.2 Å². The molecule has 0 saturated heterocycles. The molecule has 0 aromatic heterocycles. The maximum Gasteiger partial charge on any atom is 0.267 e. The SMILES string of the molecule is N#C/C(=C/Nc1ccc(C(N)=O)cc1)C(=O)Nc1cccc(Cl)c1Cl. The second-order valence-electron chi connectivity index (χ2n) is 4.81. The molecule has 2 aromatic carbocycles. The van der Waals surface area contributed by atoms with Crippen LogP contribution in [0.4, 0.5) is 11.4 Å². The van der Waals surface area contributed by atoms with E-state index in [0.29, 0.717) is 16.9 Å². The van der Waals surface area contributed by atoms with Gasteiger partial charge in [-0.2, -0.15) is 5.26 Å². The molecule has 6 nitrogen and oxygen atoms in total. The van der Waals surface area contributed by atoms with E-state index in [9.17, 15) is 9.59 Å². The van der Waals surface area contributed by atoms with Crippen LogP contribution in [0.1, 0.15) is 10.4 Å². The number of halogens is 2. The van der Waals surface area contributed by atoms with E-state index in [1.165, 1.54) is 18.3 Å². The van der Waals surface area contributed by atoms with Crippen molar-refractivity contribution in [1.82, 2.24) is 0 Å². The molecule has 126 valence electrons. The van der Waals surface area contributed by atoms with Gasteiger partial charge in [-0.25, -0.2) is 0 Å². The van der Waals surface area contributed by atoms with E-state index in [-0.39, 0.29) is 15.6 Å². The predicted octanol–water partition coefficient (Wildman–Crippen LogP) is 3.55. The molecule has 0 aliphatic carbocycles. The van der Waals surface area contributed by atoms with Crippen molar-refractivity contribution in [2.24, 2.45) is 5.73 Å². The third-order valence-corrected chi connectivity index (χ3v) is 3.94. The first-order valence-corrected chi connectivity index (χ1v) is 7.70. The lowest BCUT2D eigenvalue weighted by atomic mass is 10.2. The van der Waals surface area contributed by atoms with Crippen molar-refractivity contribution in [2.45, 2.75) is 0 Å². The quantitative estimate of drug-likeness (QED) is 0.549. The number of nitrogens with one attached hydrogen (secondary N) is 2. The highest BCUT2D eigenvalue weighted by Crippen LogP contribution is 2.29. The average molecular weight is 375 g/mol. The molecule has 2 amide bonds. The van der Waals surface area contributed by atoms with Crippen LogP contribution in [0.3, 0.4) is 0 Å². The summed E-state index contributed by atoms with van der Waals surface area (Å²) < 4.78 is 0. The minimum Gasteiger partial charge on any atom is -0.366 e. The lowest BCUT2D eigenvalue weighted by Gasteiger charge is -2.08. The van der Waals surface area contributed by atoms with Crippen LogP contribution in [0.5, 0.6) is 0 Å². The Hall–Kier alpha value is -3.01. The largest absolute Gasteiger partial charge is 0.366 e. The number of hydrogen-bond donors (Lipinski definition) is 3. The summed E-state index contributed by atoms with van der Waals surface area (Å²) >= 11 is 11.9. The van der Waals surface area contributed by atoms with Gasteiger partial charge in [-0.05, 0) is 36.4 Å². The van der Waals surface area contributed by atoms with Gasteiger partial charge in [0.15, 0.2) is 0 Å². The second kappa shape index (κ2) is 8.20. The Labute approximate surface area is 153 Å². The van der Waals surface area contributed by atoms with Crippen molar-refractivity contribution < 1.29 is 9.59 Å². The molecule has 2 rings (SSSR count). The fraction of sp³-hybridized carbons (Fsp3) is 0. The van der Waals surface area contributed by atoms with E-state index < -0.39 is 11.8 Å². The molecule has 0 saturated carbocycles. The number of carbonyl (C=O) groups is 2. The molecule has 8 heteroatoms. The first kappa shape index (κ1) is 18.3. The molecular formula is C17H12Cl2N4O2. The fourth-order valence-electron chi connectivity index (χ4n) is 1.82. The molecule has 0 heterocycles. The summed E-state index contributed by atoms with van der Waals surface area (Å²) in [5.41, 5.74) is 6.21. The van der Waals surface area contributed by atoms with Crippen molar-refractivity contribution in [3.8, 4) is 6.07 Å². The molecule has 25 heavy (non-hydrogen) atoms. The van der Waals surface area contributed by atoms with Gasteiger partial charge >= 0.3 is 0 Å². The first-order chi connectivity index (χ1) is 11.9. The zero-order chi connectivity index (χ0) is 18.4. The summed E-state index contributed by atoms with van der Waals surface area (Å²) in [6.07, 6.45) is 1.24. The molecule has 0 bridgehead atoms. The van der Waals surface area contributed by atoms with Gasteiger partial charge in [0.2, 0.25) is 5.91 Å². The van der Waals surface area contributed by atoms with Crippen molar-refractivity contribution in [1.29, 1.82) is 5.26 Å². The minimum atomic E-state index is -0.645. The van der Waals surface area contributed by atoms with Crippen LogP contribution in [-0.4, -0.2) is 11.8 Å². The van der Waals surface area contributed by atoms with Crippen LogP contribution in [0.15, 0.2) is 54.2 Å². The van der Waals surface area contributed by atoms with Gasteiger partial charge in [0.1, 0.15) is 11.6 Å². The number of nitrogens with zero attached hydrogens (tertiary/aromatic N) is 1. The second-order valence-corrected chi connectivity index (χ2v) is 5.60. The monoisotopic (exact) mass is 374 g/mol. The van der Waals surface area contributed by atoms with Gasteiger partial charge in [-0.1, -0.05) is 29.3 Å². The van der Waals surface area contributed by atoms with Gasteiger partial charge in [0.05, 0.1) is 15.7 Å². The summed E-state index contributed by atoms with van der Waals surface area (Å²) in [6, 6.07) is 12.8. The van der Waals surface area contributed by atoms with Crippen LogP contribution >= 0.6 is 23.2 Å². The number of amides is 2. The molecule has 2 aromatic rings. The zero-order valence-electron chi connectivity index (χ0n) is 12.7. The lowest BCUT2D eigenvalue weighted by Crippen LogP contribution is -2.15. The maximum atomic E-state index is 12.2. The topological polar surface area (TPSA) is 108 Å². The standard InChI is InChI=1S/C17H12Cl2N4O2/c18-13-2-1-3-14(15(13)19)23-17(25)11(8-20)9-22-12-6-4-10(5-7-12)16(21)24/h1-7,9,22H,(H2,21,24)(H,23,25)/b11-9-. The molecule has 0 aliphatic heterocycles. The molecule has 0 aliphatic rings. The number of benzene rings is 2. The minimum absolute atomic E-state index is 0.171. The normalized spacial score (nSPS) is 10.7. The van der Waals surface area contributed by atoms with Crippen molar-refractivity contribution in [3.05, 3.63) is 69.8 Å². The third kappa shape index (κ3) is 4.73. The molecule has 0 atom stereocenters. The number of rotatable bonds is 5. The molecular weight excluding hydrogens is 363 g/mol. The molecule has 0 radical (unpaired) electrons. The lowest BCUT2D eigenvalue weighted by molar-refractivity contribution is -0.112. The highest BCUT2D eigenvalue weighted by molar-refractivity contribution is 6.44. The Balaban J connectivity index is 2.11. The first-order valence-electron chi connectivity index (χ1n) is 6.94. The van der Waals surface area contributed by atoms with Gasteiger partial charge in [-0.15, -0.1) is 0 Å². The fourth-order valence-corrected chi connectivity index (χ4v) is 2.17. The molecule has 0 spiro atoms. The van der Waals surface area contributed by atoms with Crippen LogP contribution in [0, 0.1) is 11.3 Å². The van der Waals surface area contributed by atoms with Gasteiger partial charge < -0.3 is 16.4 Å². The van der Waals surface area contributed by atoms with Gasteiger partial charge in [-0.3, -0.25) is 9.59 Å². The Morgan fingerprint density at radius 2 is 1.80 bits per heavy atom. The van der Waals surface area contributed by atoms with Crippen molar-refractivity contribution in [3.63, 3.8) is 0 Å². The highest BCUT2D eigenvalue weighted by atomic mass is 35.5. The summed E-state index contributed by atoms with van der Waals surface area (Å²) in [5, 5.41) is 14.9. The van der Waals surface area contributed by atoms with Gasteiger partial charge in [0, 0.05) is 17.5 Å². The Morgan fingerprint density at radius 3 is 2.40 bits per heavy atom. The summed E-state index contributed by atoms with van der Waals surface area (Å²) in [4.78, 5) is 23.2. The van der Waals surface area contributed by atoms with E-state index in [1.807, 2.05) is 0 Å². The van der Waals surface area contributed by atoms with E-state index in [2.05, 4.69) is 10.6 Å². The predicted molar refractivity (Wildman–Crippen MR) is 97.4 cm³/mol. The number of carbonyl (C=O) groups excluding carboxylic acids is 2. The Morgan fingerprint density at radius 1 is 1.12 bits per heavy atom. The van der Waals surface area contributed by atoms with E-state index in [1.54, 1.807) is 36.4 Å². The average Bonchev–Trinajstić information content (AvgIpc) is 2.60. The summed E-state index contributed by atoms with van der Waals surface area (Å²) in [7, 11) is 0. The number of nitrogens with two attached hydrogens (primary N) is 1. The summed E-state index contributed by atoms with van der Waals surface area (Å²) in [6.45, 7) is 0. The number of hydrogen-bond acceptors (Lipinski definition) is 4. The van der Waals surface area contributed by atoms with Crippen LogP contribution in [0.25, 0.3) is 0 Å². The molecule has 0 fully saturated rings. The maximum absolute atomic E-state index is 12.2. The Bertz CT molecular complexity index is 887. The summed E-state index contributed by atoms with van der Waals surface area (Å²) in [5.74, 6) is -1.19. The zero-order valence-corrected chi connectivity index (χ0v) is 14.2. The van der Waals surface area contributed by atoms with Crippen LogP contribution in [-0.2, 0) is 4.79 Å². The van der Waals surface area contributed by atoms with Gasteiger partial charge in [0.25, 0.3) is 5.91 Å². The van der Waals surface area contributed by atoms with E-state index in [0.717, 1.165) is 0 Å². The number of nitriles is 1. The number of primary amides is 1. The number of anilines is 2. The highest BCUT2D eigenvalue weighted by Gasteiger charge is 2.12. The van der Waals surface area contributed by atoms with Crippen LogP contribution in [0.2, 0.25) is 10.0 Å². The smallest absolute Gasteiger partial charge is 0.267 e. The van der Waals surface area contributed by atoms with Crippen molar-refractivity contribution in [2.75, 3.05) is 10.6 Å². The molecule has 4 N–H and O–H groups in total. The third-order valence-electron chi connectivity index (χ3n) is 3.12.